The van der Waals surface area contributed by atoms with E-state index in [0.29, 0.717) is 13.0 Å². The minimum absolute atomic E-state index is 0. The van der Waals surface area contributed by atoms with Gasteiger partial charge in [-0.05, 0) is 48.2 Å². The van der Waals surface area contributed by atoms with E-state index in [1.165, 1.54) is 12.1 Å². The van der Waals surface area contributed by atoms with Gasteiger partial charge in [-0.2, -0.15) is 0 Å². The second kappa shape index (κ2) is 15.5. The van der Waals surface area contributed by atoms with E-state index in [1.807, 2.05) is 54.6 Å². The van der Waals surface area contributed by atoms with Gasteiger partial charge in [-0.1, -0.05) is 60.7 Å². The van der Waals surface area contributed by atoms with E-state index in [0.717, 1.165) is 16.9 Å². The van der Waals surface area contributed by atoms with Crippen molar-refractivity contribution in [2.24, 2.45) is 0 Å². The molecule has 0 heterocycles. The standard InChI is InChI=1S/C28H34N2O6S.ClH/c1-36-23-12-8-11-22(17-23)19-29-20-27(32)25(18-21-9-4-2-5-10-21)30-28(33)26(31)15-16-37(34,35)24-13-6-3-7-14-24;/h2-14,17,25-27,29,31-32H,15-16,18-20H2,1H3,(H,30,33);1H/t25-,26?,27-;/m0./s1. The van der Waals surface area contributed by atoms with Crippen molar-refractivity contribution in [1.29, 1.82) is 0 Å². The predicted octanol–water partition coefficient (Wildman–Crippen LogP) is 2.52. The molecule has 206 valence electrons. The third-order valence-electron chi connectivity index (χ3n) is 5.97. The van der Waals surface area contributed by atoms with Crippen molar-refractivity contribution in [3.05, 3.63) is 96.1 Å². The lowest BCUT2D eigenvalue weighted by molar-refractivity contribution is -0.131. The average molecular weight is 563 g/mol. The number of carbonyl (C=O) groups is 1. The van der Waals surface area contributed by atoms with Gasteiger partial charge in [0.05, 0.1) is 29.9 Å². The number of aliphatic hydroxyl groups excluding tert-OH is 2. The average Bonchev–Trinajstić information content (AvgIpc) is 2.92. The molecule has 0 aliphatic carbocycles. The van der Waals surface area contributed by atoms with Crippen LogP contribution < -0.4 is 15.4 Å². The van der Waals surface area contributed by atoms with E-state index in [1.54, 1.807) is 25.3 Å². The number of sulfone groups is 1. The third kappa shape index (κ3) is 9.74. The molecule has 0 saturated carbocycles. The van der Waals surface area contributed by atoms with Gasteiger partial charge in [-0.15, -0.1) is 12.4 Å². The molecule has 10 heteroatoms. The van der Waals surface area contributed by atoms with Crippen molar-refractivity contribution < 1.29 is 28.2 Å². The fourth-order valence-electron chi connectivity index (χ4n) is 3.86. The number of nitrogens with one attached hydrogen (secondary N) is 2. The fourth-order valence-corrected chi connectivity index (χ4v) is 5.20. The van der Waals surface area contributed by atoms with Gasteiger partial charge in [-0.25, -0.2) is 8.42 Å². The number of hydrogen-bond donors (Lipinski definition) is 4. The number of amides is 1. The molecule has 0 aliphatic heterocycles. The zero-order chi connectivity index (χ0) is 26.7. The number of rotatable bonds is 14. The molecule has 0 radical (unpaired) electrons. The Balaban J connectivity index is 0.00000507. The number of halogens is 1. The Labute approximate surface area is 230 Å². The van der Waals surface area contributed by atoms with Crippen LogP contribution in [0.5, 0.6) is 5.75 Å². The van der Waals surface area contributed by atoms with Crippen LogP contribution in [0.25, 0.3) is 0 Å². The SMILES string of the molecule is COc1cccc(CNC[C@H](O)[C@H](Cc2ccccc2)NC(=O)C(O)CCS(=O)(=O)c2ccccc2)c1.Cl. The van der Waals surface area contributed by atoms with E-state index >= 15 is 0 Å². The number of carbonyl (C=O) groups excluding carboxylic acids is 1. The van der Waals surface area contributed by atoms with Crippen molar-refractivity contribution in [3.63, 3.8) is 0 Å². The topological polar surface area (TPSA) is 125 Å². The van der Waals surface area contributed by atoms with Crippen LogP contribution in [0.3, 0.4) is 0 Å². The summed E-state index contributed by atoms with van der Waals surface area (Å²) in [6.45, 7) is 0.674. The van der Waals surface area contributed by atoms with Crippen LogP contribution in [0.2, 0.25) is 0 Å². The number of aliphatic hydroxyl groups is 2. The Morgan fingerprint density at radius 1 is 0.921 bits per heavy atom. The molecule has 3 aromatic rings. The summed E-state index contributed by atoms with van der Waals surface area (Å²) in [5.74, 6) is -0.368. The minimum Gasteiger partial charge on any atom is -0.497 e. The molecule has 0 spiro atoms. The van der Waals surface area contributed by atoms with E-state index in [-0.39, 0.29) is 36.0 Å². The Hall–Kier alpha value is -2.95. The van der Waals surface area contributed by atoms with Crippen molar-refractivity contribution in [2.45, 2.75) is 42.5 Å². The minimum atomic E-state index is -3.63. The van der Waals surface area contributed by atoms with E-state index in [9.17, 15) is 23.4 Å². The number of hydrogen-bond acceptors (Lipinski definition) is 7. The first-order valence-electron chi connectivity index (χ1n) is 12.1. The molecule has 38 heavy (non-hydrogen) atoms. The van der Waals surface area contributed by atoms with Crippen LogP contribution in [0.1, 0.15) is 17.5 Å². The van der Waals surface area contributed by atoms with E-state index < -0.39 is 34.0 Å². The third-order valence-corrected chi connectivity index (χ3v) is 7.74. The van der Waals surface area contributed by atoms with Gasteiger partial charge in [0, 0.05) is 13.1 Å². The summed E-state index contributed by atoms with van der Waals surface area (Å²) < 4.78 is 30.2. The summed E-state index contributed by atoms with van der Waals surface area (Å²) in [7, 11) is -2.04. The van der Waals surface area contributed by atoms with Crippen molar-refractivity contribution in [3.8, 4) is 5.75 Å². The Bertz CT molecular complexity index is 1230. The summed E-state index contributed by atoms with van der Waals surface area (Å²) >= 11 is 0. The molecule has 0 aromatic heterocycles. The Morgan fingerprint density at radius 3 is 2.21 bits per heavy atom. The highest BCUT2D eigenvalue weighted by atomic mass is 35.5. The normalized spacial score (nSPS) is 13.6. The summed E-state index contributed by atoms with van der Waals surface area (Å²) in [6.07, 6.45) is -2.42. The van der Waals surface area contributed by atoms with Gasteiger partial charge in [0.15, 0.2) is 9.84 Å². The molecule has 1 amide bonds. The molecule has 3 rings (SSSR count). The Kier molecular flexibility index (Phi) is 12.7. The van der Waals surface area contributed by atoms with Gasteiger partial charge in [0.2, 0.25) is 5.91 Å². The first-order valence-corrected chi connectivity index (χ1v) is 13.8. The fraction of sp³-hybridized carbons (Fsp3) is 0.321. The quantitative estimate of drug-likeness (QED) is 0.238. The monoisotopic (exact) mass is 562 g/mol. The summed E-state index contributed by atoms with van der Waals surface area (Å²) in [6, 6.07) is 24.1. The molecule has 0 bridgehead atoms. The van der Waals surface area contributed by atoms with Gasteiger partial charge in [0.1, 0.15) is 11.9 Å². The molecule has 0 saturated heterocycles. The molecule has 8 nitrogen and oxygen atoms in total. The lowest BCUT2D eigenvalue weighted by Gasteiger charge is -2.26. The van der Waals surface area contributed by atoms with Crippen LogP contribution >= 0.6 is 12.4 Å². The second-order valence-corrected chi connectivity index (χ2v) is 10.9. The molecular formula is C28H35ClN2O6S. The molecular weight excluding hydrogens is 528 g/mol. The van der Waals surface area contributed by atoms with Gasteiger partial charge >= 0.3 is 0 Å². The smallest absolute Gasteiger partial charge is 0.249 e. The molecule has 3 atom stereocenters. The van der Waals surface area contributed by atoms with Gasteiger partial charge < -0.3 is 25.6 Å². The maximum absolute atomic E-state index is 12.8. The van der Waals surface area contributed by atoms with Crippen LogP contribution in [-0.4, -0.2) is 62.2 Å². The van der Waals surface area contributed by atoms with Crippen LogP contribution in [-0.2, 0) is 27.6 Å². The maximum Gasteiger partial charge on any atom is 0.249 e. The summed E-state index contributed by atoms with van der Waals surface area (Å²) in [5.41, 5.74) is 1.88. The van der Waals surface area contributed by atoms with E-state index in [2.05, 4.69) is 10.6 Å². The molecule has 0 fully saturated rings. The highest BCUT2D eigenvalue weighted by Gasteiger charge is 2.26. The second-order valence-electron chi connectivity index (χ2n) is 8.79. The van der Waals surface area contributed by atoms with Crippen molar-refractivity contribution in [1.82, 2.24) is 10.6 Å². The predicted molar refractivity (Wildman–Crippen MR) is 149 cm³/mol. The molecule has 3 aromatic carbocycles. The largest absolute Gasteiger partial charge is 0.497 e. The summed E-state index contributed by atoms with van der Waals surface area (Å²) in [4.78, 5) is 12.9. The summed E-state index contributed by atoms with van der Waals surface area (Å²) in [5, 5.41) is 27.2. The van der Waals surface area contributed by atoms with E-state index in [4.69, 9.17) is 4.74 Å². The van der Waals surface area contributed by atoms with Gasteiger partial charge in [0.25, 0.3) is 0 Å². The van der Waals surface area contributed by atoms with Crippen LogP contribution in [0, 0.1) is 0 Å². The van der Waals surface area contributed by atoms with Crippen molar-refractivity contribution in [2.75, 3.05) is 19.4 Å². The highest BCUT2D eigenvalue weighted by molar-refractivity contribution is 7.91. The van der Waals surface area contributed by atoms with Crippen molar-refractivity contribution >= 4 is 28.2 Å². The number of benzene rings is 3. The zero-order valence-electron chi connectivity index (χ0n) is 21.2. The molecule has 4 N–H and O–H groups in total. The van der Waals surface area contributed by atoms with Gasteiger partial charge in [-0.3, -0.25) is 4.79 Å². The number of ether oxygens (including phenoxy) is 1. The number of methoxy groups -OCH3 is 1. The zero-order valence-corrected chi connectivity index (χ0v) is 22.8. The van der Waals surface area contributed by atoms with Crippen LogP contribution in [0.15, 0.2) is 89.8 Å². The first-order chi connectivity index (χ1) is 17.8. The first kappa shape index (κ1) is 31.3. The Morgan fingerprint density at radius 2 is 1.55 bits per heavy atom. The lowest BCUT2D eigenvalue weighted by Crippen LogP contribution is -2.51. The van der Waals surface area contributed by atoms with Crippen LogP contribution in [0.4, 0.5) is 0 Å². The lowest BCUT2D eigenvalue weighted by atomic mass is 10.0. The highest BCUT2D eigenvalue weighted by Crippen LogP contribution is 2.14. The molecule has 1 unspecified atom stereocenters. The maximum atomic E-state index is 12.8. The molecule has 0 aliphatic rings.